The third-order valence-corrected chi connectivity index (χ3v) is 13.7. The highest BCUT2D eigenvalue weighted by Crippen LogP contribution is 2.50. The summed E-state index contributed by atoms with van der Waals surface area (Å²) in [6.07, 6.45) is 2.37. The lowest BCUT2D eigenvalue weighted by Gasteiger charge is -2.43. The van der Waals surface area contributed by atoms with Crippen LogP contribution in [0.1, 0.15) is 62.8 Å². The van der Waals surface area contributed by atoms with Crippen molar-refractivity contribution in [1.82, 2.24) is 4.98 Å². The van der Waals surface area contributed by atoms with Gasteiger partial charge < -0.3 is 14.3 Å². The highest BCUT2D eigenvalue weighted by atomic mass is 32.1. The molecule has 1 N–H and O–H groups in total. The number of hydrogen-bond acceptors (Lipinski definition) is 3. The number of aromatic amines is 1. The van der Waals surface area contributed by atoms with E-state index in [1.165, 1.54) is 100.0 Å². The van der Waals surface area contributed by atoms with Gasteiger partial charge in [0.1, 0.15) is 11.2 Å². The first kappa shape index (κ1) is 31.3. The lowest BCUT2D eigenvalue weighted by atomic mass is 9.57. The van der Waals surface area contributed by atoms with Crippen molar-refractivity contribution in [2.75, 3.05) is 4.90 Å². The number of thiophene rings is 1. The molecule has 53 heavy (non-hydrogen) atoms. The van der Waals surface area contributed by atoms with Gasteiger partial charge in [0.25, 0.3) is 0 Å². The fourth-order valence-corrected chi connectivity index (χ4v) is 10.7. The highest BCUT2D eigenvalue weighted by molar-refractivity contribution is 7.26. The Hall–Kier alpha value is -5.26. The van der Waals surface area contributed by atoms with Crippen molar-refractivity contribution in [3.05, 3.63) is 125 Å². The average Bonchev–Trinajstić information content (AvgIpc) is 3.81. The summed E-state index contributed by atoms with van der Waals surface area (Å²) in [5.74, 6) is 0. The Bertz CT molecular complexity index is 3030. The third-order valence-electron chi connectivity index (χ3n) is 12.5. The smallest absolute Gasteiger partial charge is 0.198 e. The molecule has 3 aromatic heterocycles. The normalized spacial score (nSPS) is 16.0. The number of para-hydroxylation sites is 2. The zero-order valence-electron chi connectivity index (χ0n) is 31.1. The topological polar surface area (TPSA) is 32.2 Å². The first-order chi connectivity index (χ1) is 25.6. The Morgan fingerprint density at radius 3 is 2.21 bits per heavy atom. The van der Waals surface area contributed by atoms with Crippen molar-refractivity contribution >= 4 is 99.7 Å². The van der Waals surface area contributed by atoms with Crippen molar-refractivity contribution in [3.63, 3.8) is 0 Å². The summed E-state index contributed by atoms with van der Waals surface area (Å²) < 4.78 is 9.15. The number of hydrogen-bond donors (Lipinski definition) is 1. The van der Waals surface area contributed by atoms with Gasteiger partial charge in [0.2, 0.25) is 0 Å². The molecule has 6 aromatic carbocycles. The molecular weight excluding hydrogens is 663 g/mol. The molecule has 0 saturated heterocycles. The molecule has 257 valence electrons. The van der Waals surface area contributed by atoms with Crippen molar-refractivity contribution < 1.29 is 4.42 Å². The Balaban J connectivity index is 1.21. The van der Waals surface area contributed by atoms with Crippen LogP contribution >= 0.6 is 11.3 Å². The molecule has 9 aromatic rings. The quantitative estimate of drug-likeness (QED) is 0.182. The molecule has 11 rings (SSSR count). The number of aromatic nitrogens is 1. The van der Waals surface area contributed by atoms with Gasteiger partial charge in [-0.3, -0.25) is 0 Å². The molecule has 0 fully saturated rings. The van der Waals surface area contributed by atoms with E-state index >= 15 is 0 Å². The van der Waals surface area contributed by atoms with Gasteiger partial charge in [-0.15, -0.1) is 11.3 Å². The van der Waals surface area contributed by atoms with Crippen molar-refractivity contribution in [1.29, 1.82) is 0 Å². The first-order valence-corrected chi connectivity index (χ1v) is 19.7. The summed E-state index contributed by atoms with van der Waals surface area (Å²) in [6, 6.07) is 38.4. The Morgan fingerprint density at radius 2 is 1.38 bits per heavy atom. The molecule has 0 amide bonds. The summed E-state index contributed by atoms with van der Waals surface area (Å²) in [5, 5.41) is 4.87. The number of H-pyrrole nitrogens is 1. The van der Waals surface area contributed by atoms with Gasteiger partial charge in [0.05, 0.1) is 15.7 Å². The van der Waals surface area contributed by atoms with E-state index in [-0.39, 0.29) is 10.8 Å². The van der Waals surface area contributed by atoms with Crippen LogP contribution in [-0.4, -0.2) is 12.3 Å². The van der Waals surface area contributed by atoms with Crippen LogP contribution in [0.3, 0.4) is 0 Å². The van der Waals surface area contributed by atoms with Gasteiger partial charge in [0, 0.05) is 48.9 Å². The summed E-state index contributed by atoms with van der Waals surface area (Å²) in [7, 11) is 2.41. The van der Waals surface area contributed by atoms with Crippen LogP contribution in [0, 0.1) is 13.8 Å². The molecule has 3 nitrogen and oxygen atoms in total. The van der Waals surface area contributed by atoms with Gasteiger partial charge >= 0.3 is 0 Å². The first-order valence-electron chi connectivity index (χ1n) is 18.9. The van der Waals surface area contributed by atoms with Crippen LogP contribution < -0.4 is 15.8 Å². The van der Waals surface area contributed by atoms with Crippen molar-refractivity contribution in [2.45, 2.75) is 65.2 Å². The molecule has 0 atom stereocenters. The standard InChI is InChI=1S/C48H40BN2OS/c1-26-20-33(29-14-11-15-31-44(29)50-45-30-13-8-10-17-42(30)53-46(31)45)43-39(21-26)51(37-24-35-34(22-27(37)2)47(3,4)18-19-48(35,5)6)38-23-32-28-12-7-9-16-40(28)52-41(32)25-36(38)49-43/h7-17,20-25,50H,18-19H2,1-6H3. The predicted octanol–water partition coefficient (Wildman–Crippen LogP) is 12.5. The van der Waals surface area contributed by atoms with Gasteiger partial charge in [-0.1, -0.05) is 99.9 Å². The number of rotatable bonds is 2. The number of nitrogens with zero attached hydrogens (tertiary/aromatic N) is 1. The molecule has 2 aliphatic rings. The molecule has 1 aliphatic carbocycles. The van der Waals surface area contributed by atoms with Crippen LogP contribution in [0.4, 0.5) is 17.1 Å². The second-order valence-corrected chi connectivity index (χ2v) is 17.9. The molecule has 4 heterocycles. The zero-order valence-corrected chi connectivity index (χ0v) is 31.9. The summed E-state index contributed by atoms with van der Waals surface area (Å²) in [5.41, 5.74) is 18.5. The van der Waals surface area contributed by atoms with E-state index in [1.54, 1.807) is 0 Å². The second kappa shape index (κ2) is 10.7. The highest BCUT2D eigenvalue weighted by Gasteiger charge is 2.39. The van der Waals surface area contributed by atoms with E-state index in [2.05, 4.69) is 162 Å². The minimum absolute atomic E-state index is 0.0870. The molecule has 1 radical (unpaired) electrons. The molecule has 0 spiro atoms. The summed E-state index contributed by atoms with van der Waals surface area (Å²) in [6.45, 7) is 14.3. The SMILES string of the molecule is Cc1cc(-c2cccc3c2[nH]c2c4ccccc4sc32)c2c(c1)N(c1cc3c(cc1C)C(C)(C)CCC3(C)C)c1cc3c(cc1[B]2)oc1ccccc13. The van der Waals surface area contributed by atoms with Crippen molar-refractivity contribution in [2.24, 2.45) is 0 Å². The predicted molar refractivity (Wildman–Crippen MR) is 228 cm³/mol. The Morgan fingerprint density at radius 1 is 0.642 bits per heavy atom. The molecule has 0 unspecified atom stereocenters. The van der Waals surface area contributed by atoms with Crippen LogP contribution in [0.15, 0.2) is 108 Å². The fraction of sp³-hybridized carbons (Fsp3) is 0.208. The molecule has 1 aliphatic heterocycles. The number of benzene rings is 6. The largest absolute Gasteiger partial charge is 0.456 e. The van der Waals surface area contributed by atoms with Gasteiger partial charge in [-0.2, -0.15) is 0 Å². The van der Waals surface area contributed by atoms with Gasteiger partial charge in [-0.05, 0) is 107 Å². The number of furan rings is 1. The van der Waals surface area contributed by atoms with Crippen LogP contribution in [-0.2, 0) is 10.8 Å². The summed E-state index contributed by atoms with van der Waals surface area (Å²) >= 11 is 1.88. The molecule has 5 heteroatoms. The van der Waals surface area contributed by atoms with E-state index in [0.717, 1.165) is 27.4 Å². The lowest BCUT2D eigenvalue weighted by Crippen LogP contribution is -2.41. The molecule has 0 bridgehead atoms. The number of aryl methyl sites for hydroxylation is 2. The van der Waals surface area contributed by atoms with Crippen LogP contribution in [0.5, 0.6) is 0 Å². The number of anilines is 3. The molecular formula is C48H40BN2OS. The van der Waals surface area contributed by atoms with E-state index < -0.39 is 0 Å². The zero-order chi connectivity index (χ0) is 36.0. The Labute approximate surface area is 314 Å². The van der Waals surface area contributed by atoms with Crippen LogP contribution in [0.2, 0.25) is 0 Å². The fourth-order valence-electron chi connectivity index (χ4n) is 9.50. The Kier molecular flexibility index (Phi) is 6.30. The monoisotopic (exact) mass is 703 g/mol. The van der Waals surface area contributed by atoms with E-state index in [0.29, 0.717) is 0 Å². The maximum atomic E-state index is 6.50. The van der Waals surface area contributed by atoms with E-state index in [1.807, 2.05) is 11.3 Å². The second-order valence-electron chi connectivity index (χ2n) is 16.8. The van der Waals surface area contributed by atoms with Gasteiger partial charge in [0.15, 0.2) is 7.28 Å². The summed E-state index contributed by atoms with van der Waals surface area (Å²) in [4.78, 5) is 6.49. The molecule has 0 saturated carbocycles. The average molecular weight is 704 g/mol. The minimum atomic E-state index is 0.0870. The maximum Gasteiger partial charge on any atom is 0.198 e. The lowest BCUT2D eigenvalue weighted by molar-refractivity contribution is 0.332. The van der Waals surface area contributed by atoms with E-state index in [9.17, 15) is 0 Å². The maximum absolute atomic E-state index is 6.50. The van der Waals surface area contributed by atoms with Gasteiger partial charge in [-0.25, -0.2) is 0 Å². The minimum Gasteiger partial charge on any atom is -0.456 e. The number of nitrogens with one attached hydrogen (secondary N) is 1. The third kappa shape index (κ3) is 4.41. The van der Waals surface area contributed by atoms with Crippen molar-refractivity contribution in [3.8, 4) is 11.1 Å². The van der Waals surface area contributed by atoms with Crippen LogP contribution in [0.25, 0.3) is 64.3 Å². The van der Waals surface area contributed by atoms with E-state index in [4.69, 9.17) is 4.42 Å². The number of fused-ring (bicyclic) bond motifs is 11.